The maximum atomic E-state index is 11.7. The van der Waals surface area contributed by atoms with Crippen molar-refractivity contribution in [2.24, 2.45) is 5.73 Å². The Morgan fingerprint density at radius 3 is 2.71 bits per heavy atom. The lowest BCUT2D eigenvalue weighted by molar-refractivity contribution is -0.124. The first-order valence-corrected chi connectivity index (χ1v) is 5.57. The number of methoxy groups -OCH3 is 1. The maximum Gasteiger partial charge on any atom is 0.239 e. The number of furan rings is 1. The normalized spacial score (nSPS) is 14.4. The molecule has 17 heavy (non-hydrogen) atoms. The number of carbonyl (C=O) groups is 1. The number of amides is 1. The molecular formula is C12H20N2O3. The quantitative estimate of drug-likeness (QED) is 0.806. The van der Waals surface area contributed by atoms with E-state index < -0.39 is 6.04 Å². The maximum absolute atomic E-state index is 11.7. The van der Waals surface area contributed by atoms with Gasteiger partial charge in [0.15, 0.2) is 0 Å². The molecule has 5 nitrogen and oxygen atoms in total. The molecule has 0 spiro atoms. The average molecular weight is 240 g/mol. The first-order chi connectivity index (χ1) is 7.95. The highest BCUT2D eigenvalue weighted by atomic mass is 16.5. The van der Waals surface area contributed by atoms with Gasteiger partial charge in [0.1, 0.15) is 17.6 Å². The summed E-state index contributed by atoms with van der Waals surface area (Å²) >= 11 is 0. The Morgan fingerprint density at radius 2 is 2.24 bits per heavy atom. The van der Waals surface area contributed by atoms with Crippen LogP contribution in [0.1, 0.15) is 30.0 Å². The van der Waals surface area contributed by atoms with Crippen LogP contribution in [0.25, 0.3) is 0 Å². The van der Waals surface area contributed by atoms with Crippen molar-refractivity contribution >= 4 is 5.91 Å². The Hall–Kier alpha value is -1.33. The second-order valence-electron chi connectivity index (χ2n) is 4.16. The van der Waals surface area contributed by atoms with Crippen molar-refractivity contribution in [3.05, 3.63) is 23.2 Å². The van der Waals surface area contributed by atoms with E-state index in [9.17, 15) is 4.79 Å². The van der Waals surface area contributed by atoms with Gasteiger partial charge >= 0.3 is 0 Å². The van der Waals surface area contributed by atoms with Gasteiger partial charge in [-0.15, -0.1) is 0 Å². The van der Waals surface area contributed by atoms with Gasteiger partial charge in [-0.3, -0.25) is 4.79 Å². The smallest absolute Gasteiger partial charge is 0.239 e. The third-order valence-corrected chi connectivity index (χ3v) is 2.59. The fraction of sp³-hybridized carbons (Fsp3) is 0.583. The molecule has 0 bridgehead atoms. The Kier molecular flexibility index (Phi) is 4.72. The lowest BCUT2D eigenvalue weighted by Gasteiger charge is -2.16. The van der Waals surface area contributed by atoms with Gasteiger partial charge in [0.2, 0.25) is 5.91 Å². The number of rotatable bonds is 5. The minimum absolute atomic E-state index is 0.122. The van der Waals surface area contributed by atoms with Crippen molar-refractivity contribution in [2.75, 3.05) is 13.7 Å². The fourth-order valence-electron chi connectivity index (χ4n) is 1.73. The lowest BCUT2D eigenvalue weighted by Crippen LogP contribution is -2.44. The molecule has 5 heteroatoms. The summed E-state index contributed by atoms with van der Waals surface area (Å²) < 4.78 is 10.3. The Morgan fingerprint density at radius 1 is 1.59 bits per heavy atom. The van der Waals surface area contributed by atoms with E-state index in [0.717, 1.165) is 17.1 Å². The topological polar surface area (TPSA) is 77.5 Å². The largest absolute Gasteiger partial charge is 0.466 e. The van der Waals surface area contributed by atoms with Gasteiger partial charge in [0, 0.05) is 12.7 Å². The molecule has 96 valence electrons. The zero-order valence-electron chi connectivity index (χ0n) is 10.7. The predicted octanol–water partition coefficient (Wildman–Crippen LogP) is 1.05. The molecule has 0 radical (unpaired) electrons. The van der Waals surface area contributed by atoms with Crippen molar-refractivity contribution in [2.45, 2.75) is 32.9 Å². The first kappa shape index (κ1) is 13.7. The van der Waals surface area contributed by atoms with Crippen LogP contribution in [0.4, 0.5) is 0 Å². The lowest BCUT2D eigenvalue weighted by atomic mass is 10.1. The van der Waals surface area contributed by atoms with Crippen LogP contribution in [0, 0.1) is 13.8 Å². The second kappa shape index (κ2) is 5.84. The molecule has 0 aliphatic heterocycles. The van der Waals surface area contributed by atoms with Gasteiger partial charge in [-0.2, -0.15) is 0 Å². The first-order valence-electron chi connectivity index (χ1n) is 5.57. The molecule has 1 aromatic heterocycles. The van der Waals surface area contributed by atoms with Crippen molar-refractivity contribution in [1.29, 1.82) is 0 Å². The van der Waals surface area contributed by atoms with E-state index in [1.165, 1.54) is 7.11 Å². The fourth-order valence-corrected chi connectivity index (χ4v) is 1.73. The summed E-state index contributed by atoms with van der Waals surface area (Å²) in [6.07, 6.45) is 0. The molecule has 3 N–H and O–H groups in total. The van der Waals surface area contributed by atoms with Crippen LogP contribution in [0.15, 0.2) is 10.5 Å². The van der Waals surface area contributed by atoms with Crippen LogP contribution in [-0.2, 0) is 9.53 Å². The summed E-state index contributed by atoms with van der Waals surface area (Å²) in [5, 5.41) is 2.83. The summed E-state index contributed by atoms with van der Waals surface area (Å²) in [5.74, 6) is 1.42. The number of nitrogens with one attached hydrogen (secondary N) is 1. The number of nitrogens with two attached hydrogens (primary N) is 1. The summed E-state index contributed by atoms with van der Waals surface area (Å²) in [6.45, 7) is 5.86. The standard InChI is InChI=1S/C12H20N2O3/c1-7-5-10(9(3)17-7)8(2)14-12(15)11(13)6-16-4/h5,8,11H,6,13H2,1-4H3,(H,14,15). The van der Waals surface area contributed by atoms with E-state index in [2.05, 4.69) is 5.32 Å². The second-order valence-corrected chi connectivity index (χ2v) is 4.16. The van der Waals surface area contributed by atoms with E-state index in [-0.39, 0.29) is 18.6 Å². The van der Waals surface area contributed by atoms with Crippen molar-refractivity contribution in [3.8, 4) is 0 Å². The van der Waals surface area contributed by atoms with E-state index in [4.69, 9.17) is 14.9 Å². The summed E-state index contributed by atoms with van der Waals surface area (Å²) in [5.41, 5.74) is 6.61. The van der Waals surface area contributed by atoms with E-state index in [1.807, 2.05) is 26.8 Å². The molecule has 1 aromatic rings. The zero-order valence-corrected chi connectivity index (χ0v) is 10.7. The van der Waals surface area contributed by atoms with Crippen molar-refractivity contribution in [1.82, 2.24) is 5.32 Å². The summed E-state index contributed by atoms with van der Waals surface area (Å²) in [4.78, 5) is 11.7. The SMILES string of the molecule is COCC(N)C(=O)NC(C)c1cc(C)oc1C. The molecule has 2 atom stereocenters. The molecule has 2 unspecified atom stereocenters. The third kappa shape index (κ3) is 3.57. The third-order valence-electron chi connectivity index (χ3n) is 2.59. The molecular weight excluding hydrogens is 220 g/mol. The molecule has 0 aliphatic carbocycles. The minimum Gasteiger partial charge on any atom is -0.466 e. The molecule has 0 saturated carbocycles. The van der Waals surface area contributed by atoms with Gasteiger partial charge in [0.25, 0.3) is 0 Å². The molecule has 0 saturated heterocycles. The van der Waals surface area contributed by atoms with Crippen LogP contribution in [-0.4, -0.2) is 25.7 Å². The number of aryl methyl sites for hydroxylation is 2. The summed E-state index contributed by atoms with van der Waals surface area (Å²) in [6, 6.07) is 1.15. The van der Waals surface area contributed by atoms with Gasteiger partial charge in [-0.05, 0) is 26.8 Å². The molecule has 1 heterocycles. The van der Waals surface area contributed by atoms with Crippen LogP contribution >= 0.6 is 0 Å². The number of carbonyl (C=O) groups excluding carboxylic acids is 1. The highest BCUT2D eigenvalue weighted by molar-refractivity contribution is 5.82. The average Bonchev–Trinajstić information content (AvgIpc) is 2.58. The van der Waals surface area contributed by atoms with E-state index in [1.54, 1.807) is 0 Å². The Bertz CT molecular complexity index is 387. The van der Waals surface area contributed by atoms with Gasteiger partial charge in [-0.1, -0.05) is 0 Å². The predicted molar refractivity (Wildman–Crippen MR) is 64.6 cm³/mol. The van der Waals surface area contributed by atoms with E-state index in [0.29, 0.717) is 0 Å². The zero-order chi connectivity index (χ0) is 13.0. The number of ether oxygens (including phenoxy) is 1. The number of hydrogen-bond donors (Lipinski definition) is 2. The van der Waals surface area contributed by atoms with Crippen molar-refractivity contribution < 1.29 is 13.9 Å². The van der Waals surface area contributed by atoms with Crippen LogP contribution in [0.3, 0.4) is 0 Å². The Balaban J connectivity index is 2.63. The van der Waals surface area contributed by atoms with Crippen LogP contribution in [0.5, 0.6) is 0 Å². The van der Waals surface area contributed by atoms with E-state index >= 15 is 0 Å². The van der Waals surface area contributed by atoms with Crippen LogP contribution < -0.4 is 11.1 Å². The highest BCUT2D eigenvalue weighted by Gasteiger charge is 2.18. The molecule has 0 aromatic carbocycles. The van der Waals surface area contributed by atoms with Gasteiger partial charge in [-0.25, -0.2) is 0 Å². The molecule has 1 amide bonds. The minimum atomic E-state index is -0.643. The molecule has 0 aliphatic rings. The highest BCUT2D eigenvalue weighted by Crippen LogP contribution is 2.20. The molecule has 1 rings (SSSR count). The van der Waals surface area contributed by atoms with Crippen LogP contribution in [0.2, 0.25) is 0 Å². The number of hydrogen-bond acceptors (Lipinski definition) is 4. The van der Waals surface area contributed by atoms with Gasteiger partial charge < -0.3 is 20.2 Å². The summed E-state index contributed by atoms with van der Waals surface area (Å²) in [7, 11) is 1.51. The molecule has 0 fully saturated rings. The van der Waals surface area contributed by atoms with Gasteiger partial charge in [0.05, 0.1) is 12.6 Å². The monoisotopic (exact) mass is 240 g/mol. The Labute approximate surface area is 101 Å². The van der Waals surface area contributed by atoms with Crippen molar-refractivity contribution in [3.63, 3.8) is 0 Å².